The predicted octanol–water partition coefficient (Wildman–Crippen LogP) is 4.00. The predicted molar refractivity (Wildman–Crippen MR) is 107 cm³/mol. The van der Waals surface area contributed by atoms with E-state index in [1.54, 1.807) is 22.8 Å². The van der Waals surface area contributed by atoms with Gasteiger partial charge in [0.2, 0.25) is 0 Å². The average molecular weight is 414 g/mol. The Bertz CT molecular complexity index is 1040. The summed E-state index contributed by atoms with van der Waals surface area (Å²) in [6.45, 7) is 6.00. The second-order valence-electron chi connectivity index (χ2n) is 5.86. The number of nitrogens with zero attached hydrogens (tertiary/aromatic N) is 5. The number of hydrogen-bond donors (Lipinski definition) is 0. The summed E-state index contributed by atoms with van der Waals surface area (Å²) < 4.78 is 15.0. The first-order valence-corrected chi connectivity index (χ1v) is 10.2. The molecule has 0 spiro atoms. The lowest BCUT2D eigenvalue weighted by Gasteiger charge is -2.08. The molecule has 0 N–H and O–H groups in total. The van der Waals surface area contributed by atoms with Crippen molar-refractivity contribution >= 4 is 28.9 Å². The molecular formula is C19H16FN5OS2. The smallest absolute Gasteiger partial charge is 0.192 e. The largest absolute Gasteiger partial charge is 0.298 e. The van der Waals surface area contributed by atoms with Gasteiger partial charge in [-0.3, -0.25) is 9.36 Å². The van der Waals surface area contributed by atoms with Crippen LogP contribution >= 0.6 is 23.1 Å². The number of ketones is 1. The number of benzene rings is 1. The molecule has 0 bridgehead atoms. The molecule has 0 aliphatic heterocycles. The van der Waals surface area contributed by atoms with Crippen LogP contribution in [0.25, 0.3) is 11.4 Å². The number of halogens is 1. The van der Waals surface area contributed by atoms with Gasteiger partial charge in [-0.05, 0) is 31.2 Å². The average Bonchev–Trinajstić information content (AvgIpc) is 3.28. The molecule has 3 rings (SSSR count). The molecule has 0 amide bonds. The summed E-state index contributed by atoms with van der Waals surface area (Å²) in [5.41, 5.74) is 1.50. The molecule has 0 saturated carbocycles. The van der Waals surface area contributed by atoms with Gasteiger partial charge in [-0.1, -0.05) is 17.8 Å². The lowest BCUT2D eigenvalue weighted by Crippen LogP contribution is -2.14. The fourth-order valence-electron chi connectivity index (χ4n) is 2.49. The van der Waals surface area contributed by atoms with Crippen LogP contribution in [0.3, 0.4) is 0 Å². The Morgan fingerprint density at radius 2 is 2.18 bits per heavy atom. The maximum Gasteiger partial charge on any atom is 0.192 e. The molecule has 0 aliphatic rings. The van der Waals surface area contributed by atoms with Gasteiger partial charge >= 0.3 is 0 Å². The molecule has 0 aliphatic carbocycles. The number of carbonyl (C=O) groups excluding carboxylic acids is 1. The molecule has 0 radical (unpaired) electrons. The van der Waals surface area contributed by atoms with Crippen molar-refractivity contribution < 1.29 is 9.18 Å². The third-order valence-electron chi connectivity index (χ3n) is 3.81. The van der Waals surface area contributed by atoms with Crippen LogP contribution in [-0.4, -0.2) is 31.3 Å². The van der Waals surface area contributed by atoms with Crippen molar-refractivity contribution in [2.45, 2.75) is 24.5 Å². The van der Waals surface area contributed by atoms with Crippen molar-refractivity contribution in [1.29, 1.82) is 5.26 Å². The molecule has 1 aromatic carbocycles. The quantitative estimate of drug-likeness (QED) is 0.410. The molecule has 0 unspecified atom stereocenters. The van der Waals surface area contributed by atoms with E-state index in [1.165, 1.54) is 35.2 Å². The highest BCUT2D eigenvalue weighted by Crippen LogP contribution is 2.27. The SMILES string of the molecule is C=CCn1c(SCC(=O)[C@@H](C#N)c2nc(C)cs2)nnc1-c1ccc(F)cc1. The number of thioether (sulfide) groups is 1. The summed E-state index contributed by atoms with van der Waals surface area (Å²) in [4.78, 5) is 16.8. The Hall–Kier alpha value is -2.83. The van der Waals surface area contributed by atoms with Gasteiger partial charge in [0.1, 0.15) is 10.8 Å². The van der Waals surface area contributed by atoms with E-state index in [1.807, 2.05) is 18.4 Å². The fourth-order valence-corrected chi connectivity index (χ4v) is 4.20. The van der Waals surface area contributed by atoms with Gasteiger partial charge in [-0.2, -0.15) is 5.26 Å². The van der Waals surface area contributed by atoms with E-state index >= 15 is 0 Å². The van der Waals surface area contributed by atoms with Gasteiger partial charge in [0.05, 0.1) is 11.8 Å². The lowest BCUT2D eigenvalue weighted by atomic mass is 10.1. The van der Waals surface area contributed by atoms with Gasteiger partial charge in [-0.25, -0.2) is 9.37 Å². The summed E-state index contributed by atoms with van der Waals surface area (Å²) in [5, 5.41) is 20.6. The topological polar surface area (TPSA) is 84.5 Å². The highest BCUT2D eigenvalue weighted by molar-refractivity contribution is 7.99. The zero-order chi connectivity index (χ0) is 20.1. The first kappa shape index (κ1) is 19.9. The monoisotopic (exact) mass is 413 g/mol. The molecule has 9 heteroatoms. The van der Waals surface area contributed by atoms with Crippen LogP contribution in [0.5, 0.6) is 0 Å². The van der Waals surface area contributed by atoms with Crippen molar-refractivity contribution in [3.05, 3.63) is 58.8 Å². The molecule has 1 atom stereocenters. The van der Waals surface area contributed by atoms with Gasteiger partial charge in [0.25, 0.3) is 0 Å². The van der Waals surface area contributed by atoms with Crippen molar-refractivity contribution in [3.63, 3.8) is 0 Å². The van der Waals surface area contributed by atoms with Crippen LogP contribution in [0.2, 0.25) is 0 Å². The van der Waals surface area contributed by atoms with Gasteiger partial charge in [-0.15, -0.1) is 28.1 Å². The first-order valence-electron chi connectivity index (χ1n) is 8.30. The Morgan fingerprint density at radius 1 is 1.43 bits per heavy atom. The van der Waals surface area contributed by atoms with Crippen molar-refractivity contribution in [2.24, 2.45) is 0 Å². The summed E-state index contributed by atoms with van der Waals surface area (Å²) in [6, 6.07) is 7.98. The van der Waals surface area contributed by atoms with Crippen LogP contribution in [0.15, 0.2) is 47.5 Å². The van der Waals surface area contributed by atoms with E-state index in [0.29, 0.717) is 28.1 Å². The number of nitriles is 1. The zero-order valence-corrected chi connectivity index (χ0v) is 16.6. The number of Topliss-reactive ketones (excluding diaryl/α,β-unsaturated/α-hetero) is 1. The summed E-state index contributed by atoms with van der Waals surface area (Å²) in [5.74, 6) is -0.840. The Labute approximate surface area is 169 Å². The molecular weight excluding hydrogens is 397 g/mol. The summed E-state index contributed by atoms with van der Waals surface area (Å²) in [6.07, 6.45) is 1.69. The number of hydrogen-bond acceptors (Lipinski definition) is 7. The normalized spacial score (nSPS) is 11.8. The molecule has 142 valence electrons. The highest BCUT2D eigenvalue weighted by Gasteiger charge is 2.24. The van der Waals surface area contributed by atoms with Gasteiger partial charge < -0.3 is 0 Å². The number of aryl methyl sites for hydroxylation is 1. The van der Waals surface area contributed by atoms with Crippen LogP contribution < -0.4 is 0 Å². The number of carbonyl (C=O) groups is 1. The molecule has 3 aromatic rings. The second-order valence-corrected chi connectivity index (χ2v) is 7.69. The maximum atomic E-state index is 13.2. The second kappa shape index (κ2) is 8.91. The summed E-state index contributed by atoms with van der Waals surface area (Å²) >= 11 is 2.51. The number of aromatic nitrogens is 4. The van der Waals surface area contributed by atoms with E-state index in [2.05, 4.69) is 21.8 Å². The van der Waals surface area contributed by atoms with E-state index in [9.17, 15) is 14.4 Å². The van der Waals surface area contributed by atoms with Crippen LogP contribution in [0.1, 0.15) is 16.6 Å². The minimum atomic E-state index is -0.890. The maximum absolute atomic E-state index is 13.2. The van der Waals surface area contributed by atoms with E-state index in [0.717, 1.165) is 5.69 Å². The van der Waals surface area contributed by atoms with Crippen LogP contribution in [0, 0.1) is 24.1 Å². The Morgan fingerprint density at radius 3 is 2.79 bits per heavy atom. The molecule has 2 aromatic heterocycles. The Balaban J connectivity index is 1.78. The van der Waals surface area contributed by atoms with Crippen LogP contribution in [-0.2, 0) is 11.3 Å². The van der Waals surface area contributed by atoms with Crippen molar-refractivity contribution in [3.8, 4) is 17.5 Å². The fraction of sp³-hybridized carbons (Fsp3) is 0.211. The lowest BCUT2D eigenvalue weighted by molar-refractivity contribution is -0.116. The molecule has 28 heavy (non-hydrogen) atoms. The van der Waals surface area contributed by atoms with Gasteiger partial charge in [0.15, 0.2) is 22.7 Å². The number of rotatable bonds is 8. The number of allylic oxidation sites excluding steroid dienone is 1. The van der Waals surface area contributed by atoms with E-state index < -0.39 is 5.92 Å². The molecule has 0 saturated heterocycles. The minimum Gasteiger partial charge on any atom is -0.298 e. The summed E-state index contributed by atoms with van der Waals surface area (Å²) in [7, 11) is 0. The molecule has 6 nitrogen and oxygen atoms in total. The third kappa shape index (κ3) is 4.35. The van der Waals surface area contributed by atoms with E-state index in [4.69, 9.17) is 0 Å². The first-order chi connectivity index (χ1) is 13.5. The minimum absolute atomic E-state index is 0.0650. The van der Waals surface area contributed by atoms with E-state index in [-0.39, 0.29) is 17.4 Å². The number of thiazole rings is 1. The molecule has 2 heterocycles. The van der Waals surface area contributed by atoms with Crippen LogP contribution in [0.4, 0.5) is 4.39 Å². The third-order valence-corrected chi connectivity index (χ3v) is 5.83. The van der Waals surface area contributed by atoms with Crippen molar-refractivity contribution in [1.82, 2.24) is 19.7 Å². The van der Waals surface area contributed by atoms with Gasteiger partial charge in [0, 0.05) is 23.2 Å². The highest BCUT2D eigenvalue weighted by atomic mass is 32.2. The van der Waals surface area contributed by atoms with Crippen molar-refractivity contribution in [2.75, 3.05) is 5.75 Å². The zero-order valence-electron chi connectivity index (χ0n) is 15.0. The standard InChI is InChI=1S/C19H16FN5OS2/c1-3-8-25-17(13-4-6-14(20)7-5-13)23-24-19(25)28-11-16(26)15(9-21)18-22-12(2)10-27-18/h3-7,10,15H,1,8,11H2,2H3/t15-/m1/s1. The Kier molecular flexibility index (Phi) is 6.34. The molecule has 0 fully saturated rings.